The Morgan fingerprint density at radius 3 is 2.77 bits per heavy atom. The van der Waals surface area contributed by atoms with E-state index in [0.717, 1.165) is 19.6 Å². The molecule has 1 aliphatic heterocycles. The van der Waals surface area contributed by atoms with Gasteiger partial charge in [-0.1, -0.05) is 6.42 Å². The van der Waals surface area contributed by atoms with Crippen LogP contribution in [0.1, 0.15) is 35.3 Å². The SMILES string of the molecule is O=C(c1ccsc1)c1cnc(OCCN2CCCCC2)cn1. The molecule has 116 valence electrons. The first-order valence-electron chi connectivity index (χ1n) is 7.57. The minimum absolute atomic E-state index is 0.103. The van der Waals surface area contributed by atoms with E-state index in [1.807, 2.05) is 10.8 Å². The predicted octanol–water partition coefficient (Wildman–Crippen LogP) is 2.63. The van der Waals surface area contributed by atoms with Crippen molar-refractivity contribution in [1.29, 1.82) is 0 Å². The number of ether oxygens (including phenoxy) is 1. The average molecular weight is 317 g/mol. The number of piperidine rings is 1. The van der Waals surface area contributed by atoms with Gasteiger partial charge in [0, 0.05) is 17.5 Å². The zero-order valence-corrected chi connectivity index (χ0v) is 13.2. The standard InChI is InChI=1S/C16H19N3O2S/c20-16(13-4-9-22-12-13)14-10-18-15(11-17-14)21-8-7-19-5-2-1-3-6-19/h4,9-12H,1-3,5-8H2. The van der Waals surface area contributed by atoms with Crippen LogP contribution in [-0.4, -0.2) is 46.9 Å². The average Bonchev–Trinajstić information content (AvgIpc) is 3.10. The van der Waals surface area contributed by atoms with E-state index in [-0.39, 0.29) is 5.78 Å². The highest BCUT2D eigenvalue weighted by molar-refractivity contribution is 7.08. The lowest BCUT2D eigenvalue weighted by molar-refractivity contribution is 0.103. The Balaban J connectivity index is 1.50. The minimum atomic E-state index is -0.103. The predicted molar refractivity (Wildman–Crippen MR) is 85.6 cm³/mol. The molecule has 0 spiro atoms. The minimum Gasteiger partial charge on any atom is -0.475 e. The number of hydrogen-bond acceptors (Lipinski definition) is 6. The number of carbonyl (C=O) groups is 1. The van der Waals surface area contributed by atoms with Crippen molar-refractivity contribution in [1.82, 2.24) is 14.9 Å². The highest BCUT2D eigenvalue weighted by Gasteiger charge is 2.12. The van der Waals surface area contributed by atoms with Crippen LogP contribution in [0, 0.1) is 0 Å². The molecule has 0 N–H and O–H groups in total. The van der Waals surface area contributed by atoms with Gasteiger partial charge in [0.1, 0.15) is 12.3 Å². The van der Waals surface area contributed by atoms with Crippen LogP contribution in [0.5, 0.6) is 5.88 Å². The topological polar surface area (TPSA) is 55.3 Å². The molecule has 0 unspecified atom stereocenters. The van der Waals surface area contributed by atoms with Gasteiger partial charge in [0.05, 0.1) is 12.4 Å². The molecule has 3 heterocycles. The second kappa shape index (κ2) is 7.47. The Kier molecular flexibility index (Phi) is 5.13. The summed E-state index contributed by atoms with van der Waals surface area (Å²) in [5, 5.41) is 3.69. The molecule has 1 fully saturated rings. The van der Waals surface area contributed by atoms with Crippen molar-refractivity contribution in [2.24, 2.45) is 0 Å². The molecule has 22 heavy (non-hydrogen) atoms. The first-order chi connectivity index (χ1) is 10.8. The van der Waals surface area contributed by atoms with Crippen LogP contribution in [-0.2, 0) is 0 Å². The van der Waals surface area contributed by atoms with Gasteiger partial charge in [-0.25, -0.2) is 9.97 Å². The van der Waals surface area contributed by atoms with E-state index in [0.29, 0.717) is 23.7 Å². The quantitative estimate of drug-likeness (QED) is 0.767. The van der Waals surface area contributed by atoms with Crippen LogP contribution in [0.15, 0.2) is 29.2 Å². The lowest BCUT2D eigenvalue weighted by Crippen LogP contribution is -2.33. The van der Waals surface area contributed by atoms with Crippen LogP contribution < -0.4 is 4.74 Å². The summed E-state index contributed by atoms with van der Waals surface area (Å²) < 4.78 is 5.61. The molecule has 1 saturated heterocycles. The Hall–Kier alpha value is -1.79. The van der Waals surface area contributed by atoms with E-state index >= 15 is 0 Å². The Labute approximate surface area is 134 Å². The second-order valence-corrected chi connectivity index (χ2v) is 6.11. The summed E-state index contributed by atoms with van der Waals surface area (Å²) >= 11 is 1.49. The maximum absolute atomic E-state index is 12.1. The summed E-state index contributed by atoms with van der Waals surface area (Å²) in [5.41, 5.74) is 1.000. The van der Waals surface area contributed by atoms with Gasteiger partial charge < -0.3 is 4.74 Å². The number of aromatic nitrogens is 2. The van der Waals surface area contributed by atoms with E-state index in [2.05, 4.69) is 14.9 Å². The highest BCUT2D eigenvalue weighted by atomic mass is 32.1. The molecule has 2 aromatic rings. The number of likely N-dealkylation sites (tertiary alicyclic amines) is 1. The summed E-state index contributed by atoms with van der Waals surface area (Å²) in [6.45, 7) is 3.83. The van der Waals surface area contributed by atoms with Gasteiger partial charge in [-0.2, -0.15) is 11.3 Å². The lowest BCUT2D eigenvalue weighted by atomic mass is 10.1. The van der Waals surface area contributed by atoms with E-state index in [1.165, 1.54) is 43.0 Å². The molecule has 2 aromatic heterocycles. The number of rotatable bonds is 6. The lowest BCUT2D eigenvalue weighted by Gasteiger charge is -2.25. The third-order valence-corrected chi connectivity index (χ3v) is 4.43. The fraction of sp³-hybridized carbons (Fsp3) is 0.438. The van der Waals surface area contributed by atoms with Gasteiger partial charge in [0.15, 0.2) is 0 Å². The van der Waals surface area contributed by atoms with Crippen molar-refractivity contribution in [3.63, 3.8) is 0 Å². The van der Waals surface area contributed by atoms with Crippen molar-refractivity contribution < 1.29 is 9.53 Å². The smallest absolute Gasteiger partial charge is 0.232 e. The van der Waals surface area contributed by atoms with Crippen molar-refractivity contribution in [3.8, 4) is 5.88 Å². The highest BCUT2D eigenvalue weighted by Crippen LogP contribution is 2.13. The van der Waals surface area contributed by atoms with E-state index in [9.17, 15) is 4.79 Å². The summed E-state index contributed by atoms with van der Waals surface area (Å²) in [5.74, 6) is 0.368. The number of carbonyl (C=O) groups excluding carboxylic acids is 1. The van der Waals surface area contributed by atoms with Crippen molar-refractivity contribution in [2.75, 3.05) is 26.2 Å². The first-order valence-corrected chi connectivity index (χ1v) is 8.51. The molecule has 0 atom stereocenters. The fourth-order valence-electron chi connectivity index (χ4n) is 2.51. The van der Waals surface area contributed by atoms with Crippen LogP contribution in [0.3, 0.4) is 0 Å². The molecule has 0 radical (unpaired) electrons. The van der Waals surface area contributed by atoms with E-state index in [1.54, 1.807) is 6.07 Å². The zero-order chi connectivity index (χ0) is 15.2. The molecule has 0 bridgehead atoms. The Morgan fingerprint density at radius 1 is 1.23 bits per heavy atom. The van der Waals surface area contributed by atoms with Gasteiger partial charge >= 0.3 is 0 Å². The normalized spacial score (nSPS) is 15.6. The maximum atomic E-state index is 12.1. The molecule has 6 heteroatoms. The van der Waals surface area contributed by atoms with E-state index in [4.69, 9.17) is 4.74 Å². The van der Waals surface area contributed by atoms with Gasteiger partial charge in [-0.3, -0.25) is 9.69 Å². The monoisotopic (exact) mass is 317 g/mol. The van der Waals surface area contributed by atoms with Crippen LogP contribution in [0.4, 0.5) is 0 Å². The number of thiophene rings is 1. The van der Waals surface area contributed by atoms with Crippen molar-refractivity contribution in [3.05, 3.63) is 40.5 Å². The van der Waals surface area contributed by atoms with Crippen LogP contribution in [0.25, 0.3) is 0 Å². The fourth-order valence-corrected chi connectivity index (χ4v) is 3.15. The number of hydrogen-bond donors (Lipinski definition) is 0. The first kappa shape index (κ1) is 15.1. The van der Waals surface area contributed by atoms with Gasteiger partial charge in [-0.15, -0.1) is 0 Å². The molecule has 1 aliphatic rings. The zero-order valence-electron chi connectivity index (χ0n) is 12.4. The number of ketones is 1. The molecule has 3 rings (SSSR count). The van der Waals surface area contributed by atoms with E-state index < -0.39 is 0 Å². The third kappa shape index (κ3) is 3.90. The third-order valence-electron chi connectivity index (χ3n) is 3.75. The summed E-state index contributed by atoms with van der Waals surface area (Å²) in [4.78, 5) is 22.8. The van der Waals surface area contributed by atoms with Crippen LogP contribution in [0.2, 0.25) is 0 Å². The molecular weight excluding hydrogens is 298 g/mol. The van der Waals surface area contributed by atoms with Crippen molar-refractivity contribution >= 4 is 17.1 Å². The largest absolute Gasteiger partial charge is 0.475 e. The van der Waals surface area contributed by atoms with Gasteiger partial charge in [0.2, 0.25) is 11.7 Å². The van der Waals surface area contributed by atoms with Gasteiger partial charge in [-0.05, 0) is 37.4 Å². The molecule has 0 aliphatic carbocycles. The van der Waals surface area contributed by atoms with Crippen molar-refractivity contribution in [2.45, 2.75) is 19.3 Å². The second-order valence-electron chi connectivity index (χ2n) is 5.33. The molecule has 5 nitrogen and oxygen atoms in total. The maximum Gasteiger partial charge on any atom is 0.232 e. The Bertz CT molecular complexity index is 592. The number of nitrogens with zero attached hydrogens (tertiary/aromatic N) is 3. The molecule has 0 aromatic carbocycles. The van der Waals surface area contributed by atoms with Crippen LogP contribution >= 0.6 is 11.3 Å². The summed E-state index contributed by atoms with van der Waals surface area (Å²) in [7, 11) is 0. The molecule has 0 saturated carbocycles. The van der Waals surface area contributed by atoms with Gasteiger partial charge in [0.25, 0.3) is 0 Å². The summed E-state index contributed by atoms with van der Waals surface area (Å²) in [6.07, 6.45) is 6.90. The Morgan fingerprint density at radius 2 is 2.09 bits per heavy atom. The molecule has 0 amide bonds. The summed E-state index contributed by atoms with van der Waals surface area (Å²) in [6, 6.07) is 1.79. The molecular formula is C16H19N3O2S.